The highest BCUT2D eigenvalue weighted by molar-refractivity contribution is 5.93. The van der Waals surface area contributed by atoms with Crippen molar-refractivity contribution >= 4 is 45.3 Å². The summed E-state index contributed by atoms with van der Waals surface area (Å²) in [6, 6.07) is 44.2. The van der Waals surface area contributed by atoms with Crippen LogP contribution in [0, 0.1) is 11.3 Å². The number of rotatable bonds is 8. The molecule has 0 aliphatic heterocycles. The highest BCUT2D eigenvalue weighted by Crippen LogP contribution is 2.33. The largest absolute Gasteiger partial charge is 0.416 e. The second-order valence-electron chi connectivity index (χ2n) is 12.7. The molecule has 0 saturated heterocycles. The van der Waals surface area contributed by atoms with Crippen LogP contribution < -0.4 is 10.6 Å². The second kappa shape index (κ2) is 16.2. The molecule has 0 saturated carbocycles. The van der Waals surface area contributed by atoms with E-state index in [4.69, 9.17) is 5.26 Å². The molecule has 8 rings (SSSR count). The number of imidazole rings is 2. The van der Waals surface area contributed by atoms with Crippen LogP contribution in [0.5, 0.6) is 0 Å². The minimum absolute atomic E-state index is 0.0777. The van der Waals surface area contributed by atoms with E-state index in [9.17, 15) is 22.8 Å². The summed E-state index contributed by atoms with van der Waals surface area (Å²) in [5.74, 6) is -0.371. The fourth-order valence-corrected chi connectivity index (χ4v) is 6.15. The highest BCUT2D eigenvalue weighted by Gasteiger charge is 2.30. The first-order chi connectivity index (χ1) is 27.1. The lowest BCUT2D eigenvalue weighted by Crippen LogP contribution is -2.18. The summed E-state index contributed by atoms with van der Waals surface area (Å²) in [4.78, 5) is 33.5. The van der Waals surface area contributed by atoms with E-state index < -0.39 is 11.7 Å². The number of aromatic nitrogens is 4. The Morgan fingerprint density at radius 1 is 0.571 bits per heavy atom. The van der Waals surface area contributed by atoms with Crippen LogP contribution in [-0.2, 0) is 28.9 Å². The predicted molar refractivity (Wildman–Crippen MR) is 210 cm³/mol. The molecule has 12 heteroatoms. The summed E-state index contributed by atoms with van der Waals surface area (Å²) >= 11 is 0. The molecule has 0 unspecified atom stereocenters. The maximum atomic E-state index is 13.0. The smallest absolute Gasteiger partial charge is 0.325 e. The van der Waals surface area contributed by atoms with E-state index in [-0.39, 0.29) is 24.9 Å². The lowest BCUT2D eigenvalue weighted by Gasteiger charge is -2.11. The van der Waals surface area contributed by atoms with Crippen molar-refractivity contribution in [2.75, 3.05) is 10.6 Å². The minimum atomic E-state index is -4.41. The van der Waals surface area contributed by atoms with Crippen molar-refractivity contribution in [2.24, 2.45) is 0 Å². The molecule has 56 heavy (non-hydrogen) atoms. The Bertz CT molecular complexity index is 2710. The number of para-hydroxylation sites is 4. The number of hydrogen-bond acceptors (Lipinski definition) is 5. The van der Waals surface area contributed by atoms with E-state index in [1.807, 2.05) is 89.5 Å². The topological polar surface area (TPSA) is 118 Å². The molecule has 0 aliphatic carbocycles. The molecule has 0 fully saturated rings. The van der Waals surface area contributed by atoms with Crippen LogP contribution in [0.4, 0.5) is 24.5 Å². The quantitative estimate of drug-likeness (QED) is 0.161. The van der Waals surface area contributed by atoms with Gasteiger partial charge in [0, 0.05) is 11.4 Å². The van der Waals surface area contributed by atoms with Crippen LogP contribution in [0.25, 0.3) is 44.3 Å². The van der Waals surface area contributed by atoms with E-state index in [0.717, 1.165) is 51.0 Å². The van der Waals surface area contributed by atoms with Crippen molar-refractivity contribution in [3.05, 3.63) is 169 Å². The first-order valence-corrected chi connectivity index (χ1v) is 17.4. The zero-order chi connectivity index (χ0) is 39.1. The molecule has 276 valence electrons. The first kappa shape index (κ1) is 36.8. The van der Waals surface area contributed by atoms with Crippen molar-refractivity contribution in [1.29, 1.82) is 5.26 Å². The average Bonchev–Trinajstić information content (AvgIpc) is 3.81. The number of carbonyl (C=O) groups is 2. The van der Waals surface area contributed by atoms with Gasteiger partial charge in [-0.3, -0.25) is 9.59 Å². The number of halogens is 3. The molecule has 8 aromatic rings. The van der Waals surface area contributed by atoms with Crippen molar-refractivity contribution in [3.8, 4) is 28.3 Å². The summed E-state index contributed by atoms with van der Waals surface area (Å²) in [5.41, 5.74) is 7.57. The number of nitrogens with one attached hydrogen (secondary N) is 2. The molecule has 0 radical (unpaired) electrons. The van der Waals surface area contributed by atoms with Crippen molar-refractivity contribution in [1.82, 2.24) is 19.1 Å². The van der Waals surface area contributed by atoms with Gasteiger partial charge in [0.15, 0.2) is 0 Å². The van der Waals surface area contributed by atoms with Crippen LogP contribution >= 0.6 is 0 Å². The maximum absolute atomic E-state index is 13.0. The Balaban J connectivity index is 0.000000172. The fourth-order valence-electron chi connectivity index (χ4n) is 6.15. The molecule has 0 bridgehead atoms. The van der Waals surface area contributed by atoms with Gasteiger partial charge in [-0.05, 0) is 95.1 Å². The van der Waals surface area contributed by atoms with E-state index in [1.54, 1.807) is 59.7 Å². The Hall–Kier alpha value is -7.52. The number of alkyl halides is 3. The van der Waals surface area contributed by atoms with Crippen LogP contribution in [-0.4, -0.2) is 30.9 Å². The van der Waals surface area contributed by atoms with E-state index in [2.05, 4.69) is 26.7 Å². The Labute approximate surface area is 319 Å². The molecule has 2 aromatic heterocycles. The van der Waals surface area contributed by atoms with Crippen LogP contribution in [0.15, 0.2) is 158 Å². The number of fused-ring (bicyclic) bond motifs is 2. The normalized spacial score (nSPS) is 11.0. The fraction of sp³-hybridized carbons (Fsp3) is 0.0682. The molecule has 0 atom stereocenters. The Kier molecular flexibility index (Phi) is 10.7. The van der Waals surface area contributed by atoms with E-state index in [1.165, 1.54) is 6.07 Å². The van der Waals surface area contributed by atoms with E-state index >= 15 is 0 Å². The monoisotopic (exact) mass is 747 g/mol. The molecule has 0 aliphatic rings. The minimum Gasteiger partial charge on any atom is -0.325 e. The lowest BCUT2D eigenvalue weighted by atomic mass is 10.0. The maximum Gasteiger partial charge on any atom is 0.416 e. The van der Waals surface area contributed by atoms with Crippen LogP contribution in [0.3, 0.4) is 0 Å². The number of benzene rings is 6. The zero-order valence-electron chi connectivity index (χ0n) is 29.6. The second-order valence-corrected chi connectivity index (χ2v) is 12.7. The van der Waals surface area contributed by atoms with Gasteiger partial charge in [0.25, 0.3) is 0 Å². The van der Waals surface area contributed by atoms with Gasteiger partial charge in [0.2, 0.25) is 11.8 Å². The van der Waals surface area contributed by atoms with Crippen LogP contribution in [0.1, 0.15) is 11.1 Å². The third kappa shape index (κ3) is 8.81. The Morgan fingerprint density at radius 2 is 1.04 bits per heavy atom. The van der Waals surface area contributed by atoms with Gasteiger partial charge in [-0.15, -0.1) is 0 Å². The first-order valence-electron chi connectivity index (χ1n) is 17.4. The summed E-state index contributed by atoms with van der Waals surface area (Å²) < 4.78 is 42.5. The number of anilines is 2. The zero-order valence-corrected chi connectivity index (χ0v) is 29.6. The number of nitrogens with zero attached hydrogens (tertiary/aromatic N) is 5. The third-order valence-corrected chi connectivity index (χ3v) is 8.85. The standard InChI is InChI=1S/C22H16F3N3O.C22H16N4O/c23-22(24,25)17-7-3-5-15(11-17)16-6-4-8-18(12-16)27-21(29)13-28-14-26-19-9-1-2-10-20(19)28;23-13-16-8-10-17(11-9-16)18-4-3-5-19(12-18)25-22(27)14-26-15-24-20-6-1-2-7-21(20)26/h1-12,14H,13H2,(H,27,29);1-12,15H,14H2,(H,25,27). The van der Waals surface area contributed by atoms with Gasteiger partial charge in [0.1, 0.15) is 13.1 Å². The molecule has 9 nitrogen and oxygen atoms in total. The Morgan fingerprint density at radius 3 is 1.54 bits per heavy atom. The molecule has 0 spiro atoms. The van der Waals surface area contributed by atoms with Gasteiger partial charge in [-0.2, -0.15) is 18.4 Å². The van der Waals surface area contributed by atoms with Crippen molar-refractivity contribution in [2.45, 2.75) is 19.3 Å². The molecule has 6 aromatic carbocycles. The molecular formula is C44H32F3N7O2. The van der Waals surface area contributed by atoms with Gasteiger partial charge in [-0.25, -0.2) is 9.97 Å². The molecular weight excluding hydrogens is 716 g/mol. The lowest BCUT2D eigenvalue weighted by molar-refractivity contribution is -0.137. The van der Waals surface area contributed by atoms with Gasteiger partial charge in [0.05, 0.1) is 51.9 Å². The SMILES string of the molecule is N#Cc1ccc(-c2cccc(NC(=O)Cn3cnc4ccccc43)c2)cc1.O=C(Cn1cnc2ccccc21)Nc1cccc(-c2cccc(C(F)(F)F)c2)c1. The van der Waals surface area contributed by atoms with Crippen molar-refractivity contribution < 1.29 is 22.8 Å². The van der Waals surface area contributed by atoms with Gasteiger partial charge < -0.3 is 19.8 Å². The molecule has 2 heterocycles. The summed E-state index contributed by atoms with van der Waals surface area (Å²) in [5, 5.41) is 14.6. The summed E-state index contributed by atoms with van der Waals surface area (Å²) in [6.45, 7) is 0.274. The number of hydrogen-bond donors (Lipinski definition) is 2. The molecule has 2 N–H and O–H groups in total. The van der Waals surface area contributed by atoms with Crippen molar-refractivity contribution in [3.63, 3.8) is 0 Å². The number of amides is 2. The number of carbonyl (C=O) groups excluding carboxylic acids is 2. The molecule has 2 amide bonds. The highest BCUT2D eigenvalue weighted by atomic mass is 19.4. The third-order valence-electron chi connectivity index (χ3n) is 8.85. The summed E-state index contributed by atoms with van der Waals surface area (Å²) in [7, 11) is 0. The summed E-state index contributed by atoms with van der Waals surface area (Å²) in [6.07, 6.45) is -1.13. The average molecular weight is 748 g/mol. The van der Waals surface area contributed by atoms with Gasteiger partial charge in [-0.1, -0.05) is 72.8 Å². The number of nitriles is 1. The van der Waals surface area contributed by atoms with Crippen LogP contribution in [0.2, 0.25) is 0 Å². The predicted octanol–water partition coefficient (Wildman–Crippen LogP) is 9.57. The van der Waals surface area contributed by atoms with E-state index in [0.29, 0.717) is 22.4 Å². The van der Waals surface area contributed by atoms with Gasteiger partial charge >= 0.3 is 6.18 Å².